The summed E-state index contributed by atoms with van der Waals surface area (Å²) in [6, 6.07) is 10.2. The van der Waals surface area contributed by atoms with Crippen LogP contribution in [0.15, 0.2) is 53.7 Å². The molecule has 1 unspecified atom stereocenters. The molecule has 1 heterocycles. The van der Waals surface area contributed by atoms with E-state index in [0.717, 1.165) is 18.4 Å². The highest BCUT2D eigenvalue weighted by Crippen LogP contribution is 2.28. The van der Waals surface area contributed by atoms with Crippen LogP contribution in [0.3, 0.4) is 0 Å². The van der Waals surface area contributed by atoms with Crippen molar-refractivity contribution in [3.05, 3.63) is 59.9 Å². The van der Waals surface area contributed by atoms with Crippen LogP contribution >= 0.6 is 0 Å². The number of amides is 1. The first kappa shape index (κ1) is 19.1. The lowest BCUT2D eigenvalue weighted by Crippen LogP contribution is -2.31. The SMILES string of the molecule is CCCCC(=O)NCC(c1cccnc1)S(=O)(=O)c1ccc(C)cc1. The van der Waals surface area contributed by atoms with Gasteiger partial charge in [0.15, 0.2) is 9.84 Å². The average Bonchev–Trinajstić information content (AvgIpc) is 2.61. The first-order valence-electron chi connectivity index (χ1n) is 8.42. The Morgan fingerprint density at radius 2 is 1.92 bits per heavy atom. The normalized spacial score (nSPS) is 12.6. The van der Waals surface area contributed by atoms with Crippen molar-refractivity contribution in [1.29, 1.82) is 0 Å². The smallest absolute Gasteiger partial charge is 0.220 e. The molecule has 1 aromatic carbocycles. The van der Waals surface area contributed by atoms with Gasteiger partial charge in [0.2, 0.25) is 5.91 Å². The van der Waals surface area contributed by atoms with Crippen LogP contribution in [0, 0.1) is 6.92 Å². The summed E-state index contributed by atoms with van der Waals surface area (Å²) in [6.45, 7) is 3.95. The Morgan fingerprint density at radius 1 is 1.20 bits per heavy atom. The van der Waals surface area contributed by atoms with E-state index in [9.17, 15) is 13.2 Å². The molecule has 0 bridgehead atoms. The van der Waals surface area contributed by atoms with Crippen LogP contribution in [0.25, 0.3) is 0 Å². The molecule has 1 amide bonds. The number of carbonyl (C=O) groups excluding carboxylic acids is 1. The fourth-order valence-electron chi connectivity index (χ4n) is 2.50. The summed E-state index contributed by atoms with van der Waals surface area (Å²) in [5, 5.41) is 1.89. The third kappa shape index (κ3) is 5.13. The van der Waals surface area contributed by atoms with Gasteiger partial charge in [-0.1, -0.05) is 37.1 Å². The van der Waals surface area contributed by atoms with E-state index < -0.39 is 15.1 Å². The van der Waals surface area contributed by atoms with Crippen LogP contribution in [-0.4, -0.2) is 25.9 Å². The minimum absolute atomic E-state index is 0.0322. The molecule has 0 aliphatic rings. The van der Waals surface area contributed by atoms with Crippen molar-refractivity contribution in [3.8, 4) is 0 Å². The molecule has 2 rings (SSSR count). The Morgan fingerprint density at radius 3 is 2.52 bits per heavy atom. The Labute approximate surface area is 149 Å². The molecule has 0 saturated carbocycles. The molecule has 0 radical (unpaired) electrons. The van der Waals surface area contributed by atoms with Crippen LogP contribution in [0.1, 0.15) is 42.6 Å². The van der Waals surface area contributed by atoms with Crippen LogP contribution < -0.4 is 5.32 Å². The molecule has 6 heteroatoms. The second-order valence-corrected chi connectivity index (χ2v) is 8.17. The third-order valence-electron chi connectivity index (χ3n) is 4.02. The van der Waals surface area contributed by atoms with Crippen LogP contribution in [0.2, 0.25) is 0 Å². The zero-order chi connectivity index (χ0) is 18.3. The van der Waals surface area contributed by atoms with Gasteiger partial charge in [0, 0.05) is 25.4 Å². The van der Waals surface area contributed by atoms with Gasteiger partial charge in [0.1, 0.15) is 5.25 Å². The van der Waals surface area contributed by atoms with E-state index in [2.05, 4.69) is 10.3 Å². The number of nitrogens with one attached hydrogen (secondary N) is 1. The molecule has 5 nitrogen and oxygen atoms in total. The molecule has 1 atom stereocenters. The monoisotopic (exact) mass is 360 g/mol. The number of aryl methyl sites for hydroxylation is 1. The molecule has 1 aromatic heterocycles. The molecule has 134 valence electrons. The van der Waals surface area contributed by atoms with Crippen LogP contribution in [0.4, 0.5) is 0 Å². The van der Waals surface area contributed by atoms with E-state index in [1.807, 2.05) is 13.8 Å². The molecule has 0 fully saturated rings. The number of nitrogens with zero attached hydrogens (tertiary/aromatic N) is 1. The van der Waals surface area contributed by atoms with Gasteiger partial charge < -0.3 is 5.32 Å². The highest BCUT2D eigenvalue weighted by Gasteiger charge is 2.29. The molecule has 25 heavy (non-hydrogen) atoms. The van der Waals surface area contributed by atoms with E-state index in [-0.39, 0.29) is 17.3 Å². The number of aromatic nitrogens is 1. The Bertz CT molecular complexity index is 787. The van der Waals surface area contributed by atoms with Crippen molar-refractivity contribution >= 4 is 15.7 Å². The van der Waals surface area contributed by atoms with Gasteiger partial charge >= 0.3 is 0 Å². The van der Waals surface area contributed by atoms with Gasteiger partial charge in [-0.15, -0.1) is 0 Å². The molecular weight excluding hydrogens is 336 g/mol. The van der Waals surface area contributed by atoms with E-state index in [1.54, 1.807) is 42.6 Å². The molecular formula is C19H24N2O3S. The van der Waals surface area contributed by atoms with Gasteiger partial charge in [-0.3, -0.25) is 9.78 Å². The Kier molecular flexibility index (Phi) is 6.70. The van der Waals surface area contributed by atoms with Gasteiger partial charge in [-0.2, -0.15) is 0 Å². The van der Waals surface area contributed by atoms with Crippen molar-refractivity contribution < 1.29 is 13.2 Å². The van der Waals surface area contributed by atoms with Gasteiger partial charge in [-0.25, -0.2) is 8.42 Å². The highest BCUT2D eigenvalue weighted by atomic mass is 32.2. The number of hydrogen-bond acceptors (Lipinski definition) is 4. The Hall–Kier alpha value is -2.21. The molecule has 1 N–H and O–H groups in total. The molecule has 0 saturated heterocycles. The maximum atomic E-state index is 13.1. The summed E-state index contributed by atoms with van der Waals surface area (Å²) < 4.78 is 26.2. The van der Waals surface area contributed by atoms with E-state index in [4.69, 9.17) is 0 Å². The number of benzene rings is 1. The quantitative estimate of drug-likeness (QED) is 0.784. The number of sulfone groups is 1. The third-order valence-corrected chi connectivity index (χ3v) is 6.14. The van der Waals surface area contributed by atoms with Gasteiger partial charge in [0.25, 0.3) is 0 Å². The predicted octanol–water partition coefficient (Wildman–Crippen LogP) is 3.21. The van der Waals surface area contributed by atoms with Crippen molar-refractivity contribution in [2.24, 2.45) is 0 Å². The summed E-state index contributed by atoms with van der Waals surface area (Å²) >= 11 is 0. The van der Waals surface area contributed by atoms with Crippen molar-refractivity contribution in [3.63, 3.8) is 0 Å². The number of carbonyl (C=O) groups is 1. The first-order chi connectivity index (χ1) is 11.9. The van der Waals surface area contributed by atoms with E-state index in [1.165, 1.54) is 6.20 Å². The second kappa shape index (κ2) is 8.76. The minimum Gasteiger partial charge on any atom is -0.354 e. The van der Waals surface area contributed by atoms with Gasteiger partial charge in [-0.05, 0) is 37.1 Å². The molecule has 0 spiro atoms. The number of rotatable bonds is 8. The summed E-state index contributed by atoms with van der Waals surface area (Å²) in [4.78, 5) is 16.2. The largest absolute Gasteiger partial charge is 0.354 e. The maximum absolute atomic E-state index is 13.1. The van der Waals surface area contributed by atoms with Crippen molar-refractivity contribution in [2.75, 3.05) is 6.54 Å². The lowest BCUT2D eigenvalue weighted by Gasteiger charge is -2.19. The zero-order valence-electron chi connectivity index (χ0n) is 14.6. The topological polar surface area (TPSA) is 76.1 Å². The van der Waals surface area contributed by atoms with Crippen molar-refractivity contribution in [1.82, 2.24) is 10.3 Å². The minimum atomic E-state index is -3.64. The lowest BCUT2D eigenvalue weighted by molar-refractivity contribution is -0.121. The fourth-order valence-corrected chi connectivity index (χ4v) is 4.14. The van der Waals surface area contributed by atoms with E-state index >= 15 is 0 Å². The second-order valence-electron chi connectivity index (χ2n) is 6.04. The molecule has 0 aliphatic heterocycles. The summed E-state index contributed by atoms with van der Waals surface area (Å²) in [6.07, 6.45) is 5.24. The predicted molar refractivity (Wildman–Crippen MR) is 97.9 cm³/mol. The van der Waals surface area contributed by atoms with Crippen molar-refractivity contribution in [2.45, 2.75) is 43.3 Å². The average molecular weight is 360 g/mol. The first-order valence-corrected chi connectivity index (χ1v) is 9.97. The molecule has 2 aromatic rings. The Balaban J connectivity index is 2.28. The van der Waals surface area contributed by atoms with E-state index in [0.29, 0.717) is 12.0 Å². The standard InChI is InChI=1S/C19H24N2O3S/c1-3-4-7-19(22)21-14-18(16-6-5-12-20-13-16)25(23,24)17-10-8-15(2)9-11-17/h5-6,8-13,18H,3-4,7,14H2,1-2H3,(H,21,22). The number of hydrogen-bond donors (Lipinski definition) is 1. The summed E-state index contributed by atoms with van der Waals surface area (Å²) in [7, 11) is -3.64. The highest BCUT2D eigenvalue weighted by molar-refractivity contribution is 7.91. The number of unbranched alkanes of at least 4 members (excludes halogenated alkanes) is 1. The zero-order valence-corrected chi connectivity index (χ0v) is 15.4. The summed E-state index contributed by atoms with van der Waals surface area (Å²) in [5.41, 5.74) is 1.56. The fraction of sp³-hybridized carbons (Fsp3) is 0.368. The van der Waals surface area contributed by atoms with Crippen LogP contribution in [-0.2, 0) is 14.6 Å². The summed E-state index contributed by atoms with van der Waals surface area (Å²) in [5.74, 6) is -0.130. The lowest BCUT2D eigenvalue weighted by atomic mass is 10.2. The van der Waals surface area contributed by atoms with Crippen LogP contribution in [0.5, 0.6) is 0 Å². The maximum Gasteiger partial charge on any atom is 0.220 e. The molecule has 0 aliphatic carbocycles. The van der Waals surface area contributed by atoms with Gasteiger partial charge in [0.05, 0.1) is 4.90 Å². The number of pyridine rings is 1.